The van der Waals surface area contributed by atoms with Crippen LogP contribution in [0.1, 0.15) is 52.0 Å². The van der Waals surface area contributed by atoms with Crippen LogP contribution in [0.4, 0.5) is 0 Å². The van der Waals surface area contributed by atoms with Crippen molar-refractivity contribution in [3.63, 3.8) is 0 Å². The molecule has 1 atom stereocenters. The van der Waals surface area contributed by atoms with Crippen LogP contribution in [0.5, 0.6) is 5.75 Å². The molecule has 1 aromatic rings. The Morgan fingerprint density at radius 2 is 2.17 bits per heavy atom. The summed E-state index contributed by atoms with van der Waals surface area (Å²) in [5, 5.41) is 2.97. The molecule has 0 fully saturated rings. The molecular weight excluding hydrogens is 288 g/mol. The van der Waals surface area contributed by atoms with E-state index in [0.29, 0.717) is 6.42 Å². The first-order chi connectivity index (χ1) is 11.1. The van der Waals surface area contributed by atoms with Crippen molar-refractivity contribution in [2.45, 2.75) is 65.1 Å². The van der Waals surface area contributed by atoms with E-state index in [2.05, 4.69) is 35.3 Å². The van der Waals surface area contributed by atoms with Gasteiger partial charge in [0.05, 0.1) is 0 Å². The van der Waals surface area contributed by atoms with Crippen molar-refractivity contribution in [1.29, 1.82) is 0 Å². The van der Waals surface area contributed by atoms with Gasteiger partial charge < -0.3 is 10.1 Å². The summed E-state index contributed by atoms with van der Waals surface area (Å²) < 4.78 is 6.22. The SMILES string of the molecule is CCCCC1CN(CCC(=O)NC(C)C)Cc2ccccc2O1. The number of nitrogens with one attached hydrogen (secondary N) is 1. The van der Waals surface area contributed by atoms with Gasteiger partial charge in [-0.3, -0.25) is 9.69 Å². The third kappa shape index (κ3) is 5.87. The molecule has 0 bridgehead atoms. The van der Waals surface area contributed by atoms with Crippen LogP contribution in [0.2, 0.25) is 0 Å². The molecule has 0 aliphatic carbocycles. The van der Waals surface area contributed by atoms with E-state index in [-0.39, 0.29) is 18.1 Å². The lowest BCUT2D eigenvalue weighted by atomic mass is 10.1. The van der Waals surface area contributed by atoms with Crippen LogP contribution in [-0.4, -0.2) is 36.0 Å². The van der Waals surface area contributed by atoms with E-state index in [9.17, 15) is 4.79 Å². The normalized spacial score (nSPS) is 18.2. The van der Waals surface area contributed by atoms with Crippen molar-refractivity contribution in [3.8, 4) is 5.75 Å². The predicted molar refractivity (Wildman–Crippen MR) is 93.6 cm³/mol. The van der Waals surface area contributed by atoms with Crippen molar-refractivity contribution in [1.82, 2.24) is 10.2 Å². The van der Waals surface area contributed by atoms with Crippen molar-refractivity contribution in [2.24, 2.45) is 0 Å². The maximum absolute atomic E-state index is 11.9. The van der Waals surface area contributed by atoms with Gasteiger partial charge in [0.1, 0.15) is 11.9 Å². The van der Waals surface area contributed by atoms with Crippen LogP contribution in [-0.2, 0) is 11.3 Å². The molecule has 0 saturated heterocycles. The molecule has 4 nitrogen and oxygen atoms in total. The van der Waals surface area contributed by atoms with Gasteiger partial charge in [-0.1, -0.05) is 31.5 Å². The molecule has 23 heavy (non-hydrogen) atoms. The Balaban J connectivity index is 1.99. The van der Waals surface area contributed by atoms with E-state index < -0.39 is 0 Å². The summed E-state index contributed by atoms with van der Waals surface area (Å²) in [5.41, 5.74) is 1.22. The fraction of sp³-hybridized carbons (Fsp3) is 0.632. The Hall–Kier alpha value is -1.55. The van der Waals surface area contributed by atoms with Gasteiger partial charge in [0.15, 0.2) is 0 Å². The summed E-state index contributed by atoms with van der Waals surface area (Å²) in [6.07, 6.45) is 4.18. The number of ether oxygens (including phenoxy) is 1. The molecule has 0 saturated carbocycles. The largest absolute Gasteiger partial charge is 0.489 e. The molecule has 128 valence electrons. The van der Waals surface area contributed by atoms with Crippen LogP contribution in [0.15, 0.2) is 24.3 Å². The van der Waals surface area contributed by atoms with E-state index in [0.717, 1.165) is 31.8 Å². The Labute approximate surface area is 140 Å². The molecule has 1 aliphatic heterocycles. The van der Waals surface area contributed by atoms with Crippen LogP contribution in [0.3, 0.4) is 0 Å². The number of unbranched alkanes of at least 4 members (excludes halogenated alkanes) is 1. The van der Waals surface area contributed by atoms with E-state index in [1.54, 1.807) is 0 Å². The highest BCUT2D eigenvalue weighted by Crippen LogP contribution is 2.26. The maximum atomic E-state index is 11.9. The molecule has 1 aromatic carbocycles. The Morgan fingerprint density at radius 3 is 2.91 bits per heavy atom. The summed E-state index contributed by atoms with van der Waals surface area (Å²) >= 11 is 0. The smallest absolute Gasteiger partial charge is 0.221 e. The molecular formula is C19H30N2O2. The second-order valence-electron chi connectivity index (χ2n) is 6.70. The third-order valence-electron chi connectivity index (χ3n) is 4.11. The summed E-state index contributed by atoms with van der Waals surface area (Å²) in [7, 11) is 0. The molecule has 1 heterocycles. The molecule has 2 rings (SSSR count). The van der Waals surface area contributed by atoms with Gasteiger partial charge in [0.2, 0.25) is 5.91 Å². The minimum atomic E-state index is 0.128. The monoisotopic (exact) mass is 318 g/mol. The Bertz CT molecular complexity index is 502. The number of carbonyl (C=O) groups excluding carboxylic acids is 1. The van der Waals surface area contributed by atoms with E-state index in [4.69, 9.17) is 4.74 Å². The lowest BCUT2D eigenvalue weighted by Gasteiger charge is -2.23. The molecule has 0 aromatic heterocycles. The lowest BCUT2D eigenvalue weighted by molar-refractivity contribution is -0.122. The number of hydrogen-bond donors (Lipinski definition) is 1. The standard InChI is InChI=1S/C19H30N2O2/c1-4-5-9-17-14-21(12-11-19(22)20-15(2)3)13-16-8-6-7-10-18(16)23-17/h6-8,10,15,17H,4-5,9,11-14H2,1-3H3,(H,20,22). The minimum absolute atomic E-state index is 0.128. The molecule has 1 amide bonds. The number of benzene rings is 1. The van der Waals surface area contributed by atoms with Crippen LogP contribution >= 0.6 is 0 Å². The molecule has 1 aliphatic rings. The van der Waals surface area contributed by atoms with Crippen LogP contribution in [0, 0.1) is 0 Å². The van der Waals surface area contributed by atoms with Crippen molar-refractivity contribution in [3.05, 3.63) is 29.8 Å². The third-order valence-corrected chi connectivity index (χ3v) is 4.11. The van der Waals surface area contributed by atoms with Gasteiger partial charge in [0.25, 0.3) is 0 Å². The van der Waals surface area contributed by atoms with Gasteiger partial charge in [-0.15, -0.1) is 0 Å². The predicted octanol–water partition coefficient (Wildman–Crippen LogP) is 3.35. The topological polar surface area (TPSA) is 41.6 Å². The molecule has 1 unspecified atom stereocenters. The number of para-hydroxylation sites is 1. The first-order valence-electron chi connectivity index (χ1n) is 8.84. The van der Waals surface area contributed by atoms with E-state index in [1.165, 1.54) is 18.4 Å². The fourth-order valence-electron chi connectivity index (χ4n) is 2.97. The van der Waals surface area contributed by atoms with Crippen molar-refractivity contribution < 1.29 is 9.53 Å². The van der Waals surface area contributed by atoms with Gasteiger partial charge >= 0.3 is 0 Å². The molecule has 1 N–H and O–H groups in total. The summed E-state index contributed by atoms with van der Waals surface area (Å²) in [5.74, 6) is 1.13. The zero-order valence-corrected chi connectivity index (χ0v) is 14.7. The Kier molecular flexibility index (Phi) is 6.90. The number of fused-ring (bicyclic) bond motifs is 1. The first kappa shape index (κ1) is 17.8. The highest BCUT2D eigenvalue weighted by atomic mass is 16.5. The summed E-state index contributed by atoms with van der Waals surface area (Å²) in [6.45, 7) is 8.72. The van der Waals surface area contributed by atoms with Crippen LogP contribution < -0.4 is 10.1 Å². The zero-order valence-electron chi connectivity index (χ0n) is 14.7. The Morgan fingerprint density at radius 1 is 1.39 bits per heavy atom. The summed E-state index contributed by atoms with van der Waals surface area (Å²) in [6, 6.07) is 8.47. The maximum Gasteiger partial charge on any atom is 0.221 e. The number of carbonyl (C=O) groups is 1. The lowest BCUT2D eigenvalue weighted by Crippen LogP contribution is -2.37. The van der Waals surface area contributed by atoms with Gasteiger partial charge in [-0.25, -0.2) is 0 Å². The number of nitrogens with zero attached hydrogens (tertiary/aromatic N) is 1. The highest BCUT2D eigenvalue weighted by molar-refractivity contribution is 5.76. The van der Waals surface area contributed by atoms with Crippen molar-refractivity contribution in [2.75, 3.05) is 13.1 Å². The molecule has 4 heteroatoms. The quantitative estimate of drug-likeness (QED) is 0.838. The van der Waals surface area contributed by atoms with Gasteiger partial charge in [-0.05, 0) is 32.8 Å². The van der Waals surface area contributed by atoms with Gasteiger partial charge in [-0.2, -0.15) is 0 Å². The first-order valence-corrected chi connectivity index (χ1v) is 8.84. The number of hydrogen-bond acceptors (Lipinski definition) is 3. The highest BCUT2D eigenvalue weighted by Gasteiger charge is 2.22. The summed E-state index contributed by atoms with van der Waals surface area (Å²) in [4.78, 5) is 14.3. The second-order valence-corrected chi connectivity index (χ2v) is 6.70. The van der Waals surface area contributed by atoms with Crippen LogP contribution in [0.25, 0.3) is 0 Å². The fourth-order valence-corrected chi connectivity index (χ4v) is 2.97. The minimum Gasteiger partial charge on any atom is -0.489 e. The van der Waals surface area contributed by atoms with E-state index >= 15 is 0 Å². The molecule has 0 spiro atoms. The average Bonchev–Trinajstić information content (AvgIpc) is 2.69. The molecule has 0 radical (unpaired) electrons. The van der Waals surface area contributed by atoms with Crippen molar-refractivity contribution >= 4 is 5.91 Å². The zero-order chi connectivity index (χ0) is 16.7. The second kappa shape index (κ2) is 8.92. The number of rotatable bonds is 7. The average molecular weight is 318 g/mol. The number of amides is 1. The van der Waals surface area contributed by atoms with Gasteiger partial charge in [0, 0.05) is 37.7 Å². The van der Waals surface area contributed by atoms with E-state index in [1.807, 2.05) is 19.9 Å².